The molecule has 0 amide bonds. The normalized spacial score (nSPS) is 11.2. The molecule has 0 atom stereocenters. The van der Waals surface area contributed by atoms with Gasteiger partial charge in [0, 0.05) is 26.8 Å². The van der Waals surface area contributed by atoms with Crippen LogP contribution < -0.4 is 4.90 Å². The van der Waals surface area contributed by atoms with Crippen LogP contribution in [0.3, 0.4) is 0 Å². The molecule has 0 spiro atoms. The van der Waals surface area contributed by atoms with Crippen molar-refractivity contribution in [2.75, 3.05) is 18.5 Å². The Morgan fingerprint density at radius 3 is 2.95 bits per heavy atom. The lowest BCUT2D eigenvalue weighted by atomic mass is 10.2. The summed E-state index contributed by atoms with van der Waals surface area (Å²) >= 11 is 0. The summed E-state index contributed by atoms with van der Waals surface area (Å²) in [5, 5.41) is 8.99. The van der Waals surface area contributed by atoms with Gasteiger partial charge in [0.1, 0.15) is 17.5 Å². The van der Waals surface area contributed by atoms with Crippen LogP contribution >= 0.6 is 0 Å². The first-order valence-electron chi connectivity index (χ1n) is 6.41. The van der Waals surface area contributed by atoms with E-state index in [1.807, 2.05) is 38.1 Å². The van der Waals surface area contributed by atoms with Gasteiger partial charge in [0.15, 0.2) is 0 Å². The van der Waals surface area contributed by atoms with Crippen LogP contribution in [0.1, 0.15) is 11.3 Å². The number of likely N-dealkylation sites (N-methyl/N-ethyl adjacent to an activating group) is 1. The highest BCUT2D eigenvalue weighted by Gasteiger charge is 2.15. The Balaban J connectivity index is 1.81. The van der Waals surface area contributed by atoms with Crippen LogP contribution in [0.2, 0.25) is 0 Å². The molecule has 0 aliphatic carbocycles. The fourth-order valence-electron chi connectivity index (χ4n) is 2.20. The molecule has 0 radical (unpaired) electrons. The van der Waals surface area contributed by atoms with Gasteiger partial charge in [0.2, 0.25) is 0 Å². The van der Waals surface area contributed by atoms with Gasteiger partial charge in [-0.3, -0.25) is 4.68 Å². The summed E-state index contributed by atoms with van der Waals surface area (Å²) in [7, 11) is 3.92. The topological polar surface area (TPSA) is 72.9 Å². The van der Waals surface area contributed by atoms with E-state index < -0.39 is 0 Å². The van der Waals surface area contributed by atoms with Crippen molar-refractivity contribution in [3.05, 3.63) is 30.0 Å². The van der Waals surface area contributed by atoms with Crippen molar-refractivity contribution in [2.45, 2.75) is 13.3 Å². The first-order chi connectivity index (χ1) is 9.65. The molecule has 3 rings (SSSR count). The molecule has 0 aromatic carbocycles. The van der Waals surface area contributed by atoms with Crippen LogP contribution in [-0.4, -0.2) is 38.5 Å². The third kappa shape index (κ3) is 2.22. The Hall–Kier alpha value is -2.44. The van der Waals surface area contributed by atoms with Crippen LogP contribution in [0.15, 0.2) is 23.2 Å². The third-order valence-corrected chi connectivity index (χ3v) is 3.28. The molecular weight excluding hydrogens is 256 g/mol. The number of fused-ring (bicyclic) bond motifs is 1. The van der Waals surface area contributed by atoms with Gasteiger partial charge in [-0.15, -0.1) is 0 Å². The van der Waals surface area contributed by atoms with Crippen LogP contribution in [0.4, 0.5) is 5.82 Å². The molecule has 3 aromatic heterocycles. The maximum absolute atomic E-state index is 5.16. The molecule has 0 aliphatic rings. The molecule has 0 saturated carbocycles. The Morgan fingerprint density at radius 1 is 1.35 bits per heavy atom. The SMILES string of the molecule is Cc1noc2ncnc(N(C)CCc3cnn(C)c3)c12. The molecule has 7 nitrogen and oxygen atoms in total. The predicted octanol–water partition coefficient (Wildman–Crippen LogP) is 1.34. The largest absolute Gasteiger partial charge is 0.359 e. The van der Waals surface area contributed by atoms with E-state index in [4.69, 9.17) is 4.52 Å². The lowest BCUT2D eigenvalue weighted by Crippen LogP contribution is -2.21. The molecule has 0 unspecified atom stereocenters. The van der Waals surface area contributed by atoms with Crippen LogP contribution in [0, 0.1) is 6.92 Å². The smallest absolute Gasteiger partial charge is 0.263 e. The van der Waals surface area contributed by atoms with E-state index >= 15 is 0 Å². The summed E-state index contributed by atoms with van der Waals surface area (Å²) in [6.45, 7) is 2.73. The monoisotopic (exact) mass is 272 g/mol. The molecule has 3 aromatic rings. The van der Waals surface area contributed by atoms with Gasteiger partial charge >= 0.3 is 0 Å². The second-order valence-corrected chi connectivity index (χ2v) is 4.84. The predicted molar refractivity (Wildman–Crippen MR) is 74.5 cm³/mol. The molecule has 0 aliphatic heterocycles. The Kier molecular flexibility index (Phi) is 3.09. The quantitative estimate of drug-likeness (QED) is 0.713. The second kappa shape index (κ2) is 4.92. The number of rotatable bonds is 4. The van der Waals surface area contributed by atoms with E-state index in [0.29, 0.717) is 5.71 Å². The average molecular weight is 272 g/mol. The van der Waals surface area contributed by atoms with Gasteiger partial charge in [-0.05, 0) is 18.9 Å². The lowest BCUT2D eigenvalue weighted by Gasteiger charge is -2.17. The first kappa shape index (κ1) is 12.6. The molecular formula is C13H16N6O. The van der Waals surface area contributed by atoms with E-state index in [0.717, 1.165) is 29.9 Å². The zero-order chi connectivity index (χ0) is 14.1. The lowest BCUT2D eigenvalue weighted by molar-refractivity contribution is 0.442. The molecule has 0 saturated heterocycles. The minimum absolute atomic E-state index is 0.528. The molecule has 20 heavy (non-hydrogen) atoms. The Bertz CT molecular complexity index is 731. The Morgan fingerprint density at radius 2 is 2.20 bits per heavy atom. The van der Waals surface area contributed by atoms with Crippen molar-refractivity contribution in [3.8, 4) is 0 Å². The van der Waals surface area contributed by atoms with Gasteiger partial charge in [-0.1, -0.05) is 5.16 Å². The highest BCUT2D eigenvalue weighted by molar-refractivity contribution is 5.87. The minimum atomic E-state index is 0.528. The maximum Gasteiger partial charge on any atom is 0.263 e. The first-order valence-corrected chi connectivity index (χ1v) is 6.41. The van der Waals surface area contributed by atoms with E-state index in [2.05, 4.69) is 25.1 Å². The number of hydrogen-bond acceptors (Lipinski definition) is 6. The van der Waals surface area contributed by atoms with Crippen molar-refractivity contribution < 1.29 is 4.52 Å². The van der Waals surface area contributed by atoms with Crippen LogP contribution in [0.5, 0.6) is 0 Å². The second-order valence-electron chi connectivity index (χ2n) is 4.84. The van der Waals surface area contributed by atoms with Gasteiger partial charge in [-0.25, -0.2) is 4.98 Å². The van der Waals surface area contributed by atoms with Crippen molar-refractivity contribution in [1.29, 1.82) is 0 Å². The number of hydrogen-bond donors (Lipinski definition) is 0. The summed E-state index contributed by atoms with van der Waals surface area (Å²) in [4.78, 5) is 10.5. The van der Waals surface area contributed by atoms with E-state index in [1.165, 1.54) is 11.9 Å². The highest BCUT2D eigenvalue weighted by atomic mass is 16.5. The van der Waals surface area contributed by atoms with E-state index in [9.17, 15) is 0 Å². The van der Waals surface area contributed by atoms with E-state index in [1.54, 1.807) is 0 Å². The fraction of sp³-hybridized carbons (Fsp3) is 0.385. The van der Waals surface area contributed by atoms with Crippen molar-refractivity contribution in [2.24, 2.45) is 7.05 Å². The fourth-order valence-corrected chi connectivity index (χ4v) is 2.20. The summed E-state index contributed by atoms with van der Waals surface area (Å²) in [6.07, 6.45) is 6.31. The van der Waals surface area contributed by atoms with Crippen molar-refractivity contribution in [1.82, 2.24) is 24.9 Å². The van der Waals surface area contributed by atoms with Crippen LogP contribution in [0.25, 0.3) is 11.1 Å². The maximum atomic E-state index is 5.16. The van der Waals surface area contributed by atoms with Crippen molar-refractivity contribution in [3.63, 3.8) is 0 Å². The highest BCUT2D eigenvalue weighted by Crippen LogP contribution is 2.24. The standard InChI is InChI=1S/C13H16N6O/c1-9-11-12(14-8-15-13(11)20-17-9)18(2)5-4-10-6-16-19(3)7-10/h6-8H,4-5H2,1-3H3. The summed E-state index contributed by atoms with van der Waals surface area (Å²) in [5.41, 5.74) is 2.54. The summed E-state index contributed by atoms with van der Waals surface area (Å²) in [5.74, 6) is 0.845. The molecule has 0 bridgehead atoms. The zero-order valence-electron chi connectivity index (χ0n) is 11.7. The molecule has 0 N–H and O–H groups in total. The number of aryl methyl sites for hydroxylation is 2. The molecule has 3 heterocycles. The van der Waals surface area contributed by atoms with Gasteiger partial charge in [-0.2, -0.15) is 10.1 Å². The Labute approximate surface area is 116 Å². The number of nitrogens with zero attached hydrogens (tertiary/aromatic N) is 6. The third-order valence-electron chi connectivity index (χ3n) is 3.28. The van der Waals surface area contributed by atoms with Gasteiger partial charge in [0.25, 0.3) is 5.71 Å². The summed E-state index contributed by atoms with van der Waals surface area (Å²) < 4.78 is 6.97. The molecule has 0 fully saturated rings. The minimum Gasteiger partial charge on any atom is -0.359 e. The number of aromatic nitrogens is 5. The van der Waals surface area contributed by atoms with E-state index in [-0.39, 0.29) is 0 Å². The molecule has 7 heteroatoms. The average Bonchev–Trinajstić information content (AvgIpc) is 3.03. The molecule has 104 valence electrons. The van der Waals surface area contributed by atoms with Gasteiger partial charge < -0.3 is 9.42 Å². The summed E-state index contributed by atoms with van der Waals surface area (Å²) in [6, 6.07) is 0. The van der Waals surface area contributed by atoms with Crippen LogP contribution in [-0.2, 0) is 13.5 Å². The van der Waals surface area contributed by atoms with Gasteiger partial charge in [0.05, 0.1) is 11.9 Å². The number of anilines is 1. The zero-order valence-corrected chi connectivity index (χ0v) is 11.7. The van der Waals surface area contributed by atoms with Crippen molar-refractivity contribution >= 4 is 16.9 Å².